The molecule has 0 bridgehead atoms. The van der Waals surface area contributed by atoms with E-state index >= 15 is 0 Å². The molecule has 0 radical (unpaired) electrons. The topological polar surface area (TPSA) is 74.7 Å². The molecule has 2 rings (SSSR count). The molecule has 1 heterocycles. The highest BCUT2D eigenvalue weighted by Gasteiger charge is 2.31. The Bertz CT molecular complexity index is 795. The van der Waals surface area contributed by atoms with Crippen molar-refractivity contribution in [3.05, 3.63) is 46.6 Å². The van der Waals surface area contributed by atoms with Crippen LogP contribution in [0.15, 0.2) is 41.0 Å². The molecule has 0 spiro atoms. The molecule has 2 aromatic rings. The number of hydrogen-bond donors (Lipinski definition) is 2. The summed E-state index contributed by atoms with van der Waals surface area (Å²) in [5, 5.41) is 11.8. The Labute approximate surface area is 168 Å². The Morgan fingerprint density at radius 3 is 2.50 bits per heavy atom. The SMILES string of the molecule is CCCN(CCO)c1ncc(C(=O)Nc2ccc(OC(F)(F)F)cc2)cc1Br. The van der Waals surface area contributed by atoms with Crippen LogP contribution in [0.4, 0.5) is 24.7 Å². The number of carbonyl (C=O) groups excluding carboxylic acids is 1. The fourth-order valence-corrected chi connectivity index (χ4v) is 3.04. The second-order valence-electron chi connectivity index (χ2n) is 5.77. The molecule has 0 aliphatic carbocycles. The average Bonchev–Trinajstić information content (AvgIpc) is 2.62. The summed E-state index contributed by atoms with van der Waals surface area (Å²) in [6.45, 7) is 3.09. The van der Waals surface area contributed by atoms with Crippen molar-refractivity contribution in [2.24, 2.45) is 0 Å². The summed E-state index contributed by atoms with van der Waals surface area (Å²) in [6.07, 6.45) is -2.51. The van der Waals surface area contributed by atoms with Crippen LogP contribution in [0.2, 0.25) is 0 Å². The minimum Gasteiger partial charge on any atom is -0.406 e. The van der Waals surface area contributed by atoms with Gasteiger partial charge in [-0.15, -0.1) is 13.2 Å². The van der Waals surface area contributed by atoms with Crippen LogP contribution in [0.1, 0.15) is 23.7 Å². The predicted octanol–water partition coefficient (Wildman–Crippen LogP) is 4.20. The van der Waals surface area contributed by atoms with Gasteiger partial charge in [0.05, 0.1) is 16.6 Å². The van der Waals surface area contributed by atoms with Crippen LogP contribution in [0, 0.1) is 0 Å². The molecule has 0 atom stereocenters. The van der Waals surface area contributed by atoms with E-state index in [-0.39, 0.29) is 17.9 Å². The van der Waals surface area contributed by atoms with Gasteiger partial charge in [0.2, 0.25) is 0 Å². The number of halogens is 4. The highest BCUT2D eigenvalue weighted by Crippen LogP contribution is 2.26. The fraction of sp³-hybridized carbons (Fsp3) is 0.333. The normalized spacial score (nSPS) is 11.2. The lowest BCUT2D eigenvalue weighted by Gasteiger charge is -2.23. The minimum absolute atomic E-state index is 0.0234. The molecule has 1 amide bonds. The van der Waals surface area contributed by atoms with E-state index in [9.17, 15) is 23.1 Å². The van der Waals surface area contributed by atoms with E-state index < -0.39 is 12.3 Å². The third kappa shape index (κ3) is 6.38. The number of carbonyl (C=O) groups is 1. The summed E-state index contributed by atoms with van der Waals surface area (Å²) < 4.78 is 40.9. The number of benzene rings is 1. The highest BCUT2D eigenvalue weighted by molar-refractivity contribution is 9.10. The van der Waals surface area contributed by atoms with Gasteiger partial charge < -0.3 is 20.1 Å². The standard InChI is InChI=1S/C18H19BrF3N3O3/c1-2-7-25(8-9-26)16-15(19)10-12(11-23-16)17(27)24-13-3-5-14(6-4-13)28-18(20,21)22/h3-6,10-11,26H,2,7-9H2,1H3,(H,24,27). The number of alkyl halides is 3. The molecule has 2 N–H and O–H groups in total. The average molecular weight is 462 g/mol. The maximum Gasteiger partial charge on any atom is 0.573 e. The van der Waals surface area contributed by atoms with Crippen LogP contribution in [-0.2, 0) is 0 Å². The van der Waals surface area contributed by atoms with Crippen LogP contribution in [-0.4, -0.2) is 42.1 Å². The summed E-state index contributed by atoms with van der Waals surface area (Å²) in [7, 11) is 0. The molecular formula is C18H19BrF3N3O3. The van der Waals surface area contributed by atoms with Crippen LogP contribution < -0.4 is 15.0 Å². The Morgan fingerprint density at radius 2 is 1.96 bits per heavy atom. The second-order valence-corrected chi connectivity index (χ2v) is 6.62. The van der Waals surface area contributed by atoms with E-state index in [1.807, 2.05) is 11.8 Å². The van der Waals surface area contributed by atoms with Crippen molar-refractivity contribution in [3.63, 3.8) is 0 Å². The Balaban J connectivity index is 2.09. The first-order chi connectivity index (χ1) is 13.2. The number of aliphatic hydroxyl groups is 1. The summed E-state index contributed by atoms with van der Waals surface area (Å²) in [5.41, 5.74) is 0.583. The molecule has 152 valence electrons. The Kier molecular flexibility index (Phi) is 7.64. The predicted molar refractivity (Wildman–Crippen MR) is 103 cm³/mol. The van der Waals surface area contributed by atoms with Gasteiger partial charge in [-0.1, -0.05) is 6.92 Å². The lowest BCUT2D eigenvalue weighted by atomic mass is 10.2. The molecule has 6 nitrogen and oxygen atoms in total. The van der Waals surface area contributed by atoms with Gasteiger partial charge >= 0.3 is 6.36 Å². The third-order valence-electron chi connectivity index (χ3n) is 3.59. The van der Waals surface area contributed by atoms with E-state index in [4.69, 9.17) is 0 Å². The van der Waals surface area contributed by atoms with Crippen molar-refractivity contribution in [1.82, 2.24) is 4.98 Å². The monoisotopic (exact) mass is 461 g/mol. The van der Waals surface area contributed by atoms with Gasteiger partial charge in [-0.05, 0) is 52.7 Å². The van der Waals surface area contributed by atoms with Crippen LogP contribution in [0.3, 0.4) is 0 Å². The lowest BCUT2D eigenvalue weighted by molar-refractivity contribution is -0.274. The van der Waals surface area contributed by atoms with Gasteiger partial charge in [0.25, 0.3) is 5.91 Å². The molecular weight excluding hydrogens is 443 g/mol. The number of aromatic nitrogens is 1. The summed E-state index contributed by atoms with van der Waals surface area (Å²) >= 11 is 3.39. The Morgan fingerprint density at radius 1 is 1.29 bits per heavy atom. The van der Waals surface area contributed by atoms with Gasteiger partial charge in [-0.3, -0.25) is 4.79 Å². The lowest BCUT2D eigenvalue weighted by Crippen LogP contribution is -2.28. The van der Waals surface area contributed by atoms with Crippen molar-refractivity contribution in [3.8, 4) is 5.75 Å². The summed E-state index contributed by atoms with van der Waals surface area (Å²) in [4.78, 5) is 18.6. The third-order valence-corrected chi connectivity index (χ3v) is 4.18. The first-order valence-corrected chi connectivity index (χ1v) is 9.21. The maximum atomic E-state index is 12.4. The van der Waals surface area contributed by atoms with Crippen LogP contribution >= 0.6 is 15.9 Å². The van der Waals surface area contributed by atoms with Gasteiger partial charge in [0, 0.05) is 25.0 Å². The van der Waals surface area contributed by atoms with E-state index in [1.165, 1.54) is 18.3 Å². The zero-order valence-electron chi connectivity index (χ0n) is 15.0. The molecule has 0 saturated heterocycles. The number of amides is 1. The van der Waals surface area contributed by atoms with E-state index in [2.05, 4.69) is 31.0 Å². The molecule has 1 aromatic heterocycles. The molecule has 1 aromatic carbocycles. The number of aliphatic hydroxyl groups excluding tert-OH is 1. The largest absolute Gasteiger partial charge is 0.573 e. The molecule has 0 unspecified atom stereocenters. The number of nitrogens with one attached hydrogen (secondary N) is 1. The van der Waals surface area contributed by atoms with E-state index in [0.29, 0.717) is 29.1 Å². The van der Waals surface area contributed by atoms with Crippen LogP contribution in [0.5, 0.6) is 5.75 Å². The van der Waals surface area contributed by atoms with E-state index in [0.717, 1.165) is 18.6 Å². The maximum absolute atomic E-state index is 12.4. The quantitative estimate of drug-likeness (QED) is 0.615. The highest BCUT2D eigenvalue weighted by atomic mass is 79.9. The number of ether oxygens (including phenoxy) is 1. The number of pyridine rings is 1. The van der Waals surface area contributed by atoms with Crippen molar-refractivity contribution in [1.29, 1.82) is 0 Å². The van der Waals surface area contributed by atoms with Gasteiger partial charge in [0.15, 0.2) is 0 Å². The second kappa shape index (κ2) is 9.74. The zero-order chi connectivity index (χ0) is 20.7. The van der Waals surface area contributed by atoms with Gasteiger partial charge in [-0.2, -0.15) is 0 Å². The van der Waals surface area contributed by atoms with Crippen molar-refractivity contribution in [2.45, 2.75) is 19.7 Å². The zero-order valence-corrected chi connectivity index (χ0v) is 16.5. The first kappa shape index (κ1) is 22.0. The molecule has 0 aliphatic heterocycles. The molecule has 0 saturated carbocycles. The number of anilines is 2. The minimum atomic E-state index is -4.77. The Hall–Kier alpha value is -2.33. The molecule has 28 heavy (non-hydrogen) atoms. The molecule has 0 fully saturated rings. The van der Waals surface area contributed by atoms with Crippen molar-refractivity contribution >= 4 is 33.3 Å². The van der Waals surface area contributed by atoms with Gasteiger partial charge in [0.1, 0.15) is 11.6 Å². The smallest absolute Gasteiger partial charge is 0.406 e. The van der Waals surface area contributed by atoms with E-state index in [1.54, 1.807) is 6.07 Å². The van der Waals surface area contributed by atoms with Crippen molar-refractivity contribution < 1.29 is 27.8 Å². The van der Waals surface area contributed by atoms with Crippen LogP contribution in [0.25, 0.3) is 0 Å². The molecule has 10 heteroatoms. The first-order valence-electron chi connectivity index (χ1n) is 8.42. The summed E-state index contributed by atoms with van der Waals surface area (Å²) in [6, 6.07) is 6.43. The molecule has 0 aliphatic rings. The fourth-order valence-electron chi connectivity index (χ4n) is 2.45. The number of nitrogens with zero attached hydrogens (tertiary/aromatic N) is 2. The number of hydrogen-bond acceptors (Lipinski definition) is 5. The summed E-state index contributed by atoms with van der Waals surface area (Å²) in [5.74, 6) is -0.228. The number of rotatable bonds is 8. The van der Waals surface area contributed by atoms with Gasteiger partial charge in [-0.25, -0.2) is 4.98 Å². The van der Waals surface area contributed by atoms with Crippen molar-refractivity contribution in [2.75, 3.05) is 29.9 Å².